The molecule has 0 spiro atoms. The van der Waals surface area contributed by atoms with E-state index in [9.17, 15) is 9.59 Å². The molecule has 1 heterocycles. The Balaban J connectivity index is 0.00000272. The number of hydrogen-bond acceptors (Lipinski definition) is 6. The topological polar surface area (TPSA) is 132 Å². The van der Waals surface area contributed by atoms with Crippen molar-refractivity contribution in [2.75, 3.05) is 26.8 Å². The number of nitrogens with zero attached hydrogens (tertiary/aromatic N) is 1. The Morgan fingerprint density at radius 1 is 1.06 bits per heavy atom. The number of likely N-dealkylation sites (tertiary alicyclic amines) is 1. The molecular weight excluding hydrogens is 467 g/mol. The number of nitrogen functional groups attached to an aromatic ring is 1. The van der Waals surface area contributed by atoms with E-state index in [1.54, 1.807) is 4.90 Å². The average Bonchev–Trinajstić information content (AvgIpc) is 3.19. The van der Waals surface area contributed by atoms with E-state index in [2.05, 4.69) is 0 Å². The summed E-state index contributed by atoms with van der Waals surface area (Å²) in [6.45, 7) is 0.739. The number of rotatable bonds is 8. The van der Waals surface area contributed by atoms with Gasteiger partial charge in [0.1, 0.15) is 18.2 Å². The standard InChI is InChI=1S/C23H28N4O4.2ClH/c1-30-22(29)11-15-10-19(27(13-15)21(28)12-24)14-31-20-8-6-17(7-9-20)16-2-4-18(5-3-16)23(25)26;;/h2-9,15,19H,10-14,24H2,1H3,(H3,25,26);2*1H/t15-,19-;;/m0../s1. The van der Waals surface area contributed by atoms with Crippen molar-refractivity contribution in [3.63, 3.8) is 0 Å². The summed E-state index contributed by atoms with van der Waals surface area (Å²) in [6.07, 6.45) is 0.944. The summed E-state index contributed by atoms with van der Waals surface area (Å²) in [5, 5.41) is 7.47. The summed E-state index contributed by atoms with van der Waals surface area (Å²) >= 11 is 0. The lowest BCUT2D eigenvalue weighted by atomic mass is 10.0. The van der Waals surface area contributed by atoms with Gasteiger partial charge in [-0.05, 0) is 35.6 Å². The summed E-state index contributed by atoms with van der Waals surface area (Å²) in [5.74, 6) is 0.347. The van der Waals surface area contributed by atoms with Crippen LogP contribution in [0.5, 0.6) is 5.75 Å². The van der Waals surface area contributed by atoms with Crippen molar-refractivity contribution < 1.29 is 19.1 Å². The Morgan fingerprint density at radius 3 is 2.15 bits per heavy atom. The molecule has 1 amide bonds. The highest BCUT2D eigenvalue weighted by Gasteiger charge is 2.36. The van der Waals surface area contributed by atoms with Crippen LogP contribution in [0.2, 0.25) is 0 Å². The highest BCUT2D eigenvalue weighted by molar-refractivity contribution is 5.95. The van der Waals surface area contributed by atoms with E-state index in [-0.39, 0.29) is 67.5 Å². The second kappa shape index (κ2) is 13.0. The molecule has 0 saturated carbocycles. The lowest BCUT2D eigenvalue weighted by molar-refractivity contribution is -0.142. The van der Waals surface area contributed by atoms with E-state index in [1.807, 2.05) is 48.5 Å². The molecule has 8 nitrogen and oxygen atoms in total. The molecule has 3 rings (SSSR count). The fourth-order valence-electron chi connectivity index (χ4n) is 3.84. The van der Waals surface area contributed by atoms with Gasteiger partial charge in [0.2, 0.25) is 5.91 Å². The van der Waals surface area contributed by atoms with Crippen LogP contribution in [0.3, 0.4) is 0 Å². The molecule has 2 atom stereocenters. The Labute approximate surface area is 205 Å². The summed E-state index contributed by atoms with van der Waals surface area (Å²) in [5.41, 5.74) is 13.8. The van der Waals surface area contributed by atoms with E-state index < -0.39 is 0 Å². The van der Waals surface area contributed by atoms with Gasteiger partial charge in [0.15, 0.2) is 0 Å². The van der Waals surface area contributed by atoms with Crippen molar-refractivity contribution in [3.8, 4) is 16.9 Å². The van der Waals surface area contributed by atoms with Gasteiger partial charge in [0.25, 0.3) is 0 Å². The zero-order valence-electron chi connectivity index (χ0n) is 18.4. The second-order valence-electron chi connectivity index (χ2n) is 7.61. The maximum Gasteiger partial charge on any atom is 0.305 e. The van der Waals surface area contributed by atoms with Gasteiger partial charge >= 0.3 is 5.97 Å². The minimum absolute atomic E-state index is 0. The number of hydrogen-bond donors (Lipinski definition) is 3. The Hall–Kier alpha value is -2.81. The van der Waals surface area contributed by atoms with Gasteiger partial charge in [-0.25, -0.2) is 0 Å². The quantitative estimate of drug-likeness (QED) is 0.292. The smallest absolute Gasteiger partial charge is 0.305 e. The van der Waals surface area contributed by atoms with E-state index in [1.165, 1.54) is 7.11 Å². The SMILES string of the molecule is COC(=O)C[C@@H]1C[C@@H](COc2ccc(-c3ccc(C(=N)N)cc3)cc2)N(C(=O)CN)C1.Cl.Cl. The van der Waals surface area contributed by atoms with Gasteiger partial charge in [-0.2, -0.15) is 0 Å². The molecular formula is C23H30Cl2N4O4. The monoisotopic (exact) mass is 496 g/mol. The molecule has 2 aromatic carbocycles. The fraction of sp³-hybridized carbons (Fsp3) is 0.348. The number of halogens is 2. The van der Waals surface area contributed by atoms with Crippen molar-refractivity contribution in [2.24, 2.45) is 17.4 Å². The van der Waals surface area contributed by atoms with Crippen molar-refractivity contribution in [2.45, 2.75) is 18.9 Å². The molecule has 1 fully saturated rings. The van der Waals surface area contributed by atoms with Gasteiger partial charge in [-0.15, -0.1) is 24.8 Å². The first kappa shape index (κ1) is 28.2. The van der Waals surface area contributed by atoms with Crippen molar-refractivity contribution >= 4 is 42.5 Å². The first-order valence-corrected chi connectivity index (χ1v) is 10.1. The summed E-state index contributed by atoms with van der Waals surface area (Å²) < 4.78 is 10.7. The van der Waals surface area contributed by atoms with Crippen molar-refractivity contribution in [1.82, 2.24) is 4.90 Å². The third-order valence-electron chi connectivity index (χ3n) is 5.50. The molecule has 33 heavy (non-hydrogen) atoms. The predicted molar refractivity (Wildman–Crippen MR) is 132 cm³/mol. The first-order valence-electron chi connectivity index (χ1n) is 10.1. The van der Waals surface area contributed by atoms with Gasteiger partial charge in [-0.3, -0.25) is 15.0 Å². The van der Waals surface area contributed by atoms with Gasteiger partial charge < -0.3 is 25.8 Å². The minimum atomic E-state index is -0.279. The third-order valence-corrected chi connectivity index (χ3v) is 5.50. The van der Waals surface area contributed by atoms with Crippen molar-refractivity contribution in [1.29, 1.82) is 5.41 Å². The second-order valence-corrected chi connectivity index (χ2v) is 7.61. The van der Waals surface area contributed by atoms with E-state index in [0.29, 0.717) is 30.9 Å². The van der Waals surface area contributed by atoms with Crippen LogP contribution in [-0.2, 0) is 14.3 Å². The lowest BCUT2D eigenvalue weighted by Gasteiger charge is -2.24. The molecule has 0 aliphatic carbocycles. The third kappa shape index (κ3) is 7.35. The fourth-order valence-corrected chi connectivity index (χ4v) is 3.84. The zero-order valence-corrected chi connectivity index (χ0v) is 20.0. The Bertz CT molecular complexity index is 938. The number of benzene rings is 2. The Morgan fingerprint density at radius 2 is 1.64 bits per heavy atom. The van der Waals surface area contributed by atoms with Gasteiger partial charge in [-0.1, -0.05) is 36.4 Å². The Kier molecular flexibility index (Phi) is 11.1. The van der Waals surface area contributed by atoms with Gasteiger partial charge in [0.05, 0.1) is 26.1 Å². The highest BCUT2D eigenvalue weighted by Crippen LogP contribution is 2.28. The van der Waals surface area contributed by atoms with E-state index in [0.717, 1.165) is 11.1 Å². The molecule has 0 radical (unpaired) electrons. The molecule has 180 valence electrons. The molecule has 2 aromatic rings. The largest absolute Gasteiger partial charge is 0.491 e. The number of amidine groups is 1. The molecule has 0 bridgehead atoms. The number of amides is 1. The molecule has 1 aliphatic heterocycles. The molecule has 1 aliphatic rings. The zero-order chi connectivity index (χ0) is 22.4. The maximum atomic E-state index is 12.2. The average molecular weight is 497 g/mol. The molecule has 10 heteroatoms. The van der Waals surface area contributed by atoms with Gasteiger partial charge in [0, 0.05) is 12.1 Å². The van der Waals surface area contributed by atoms with Crippen LogP contribution in [-0.4, -0.2) is 55.5 Å². The van der Waals surface area contributed by atoms with Crippen LogP contribution in [0.1, 0.15) is 18.4 Å². The first-order chi connectivity index (χ1) is 14.9. The number of ether oxygens (including phenoxy) is 2. The molecule has 0 aromatic heterocycles. The van der Waals surface area contributed by atoms with Crippen LogP contribution in [0.4, 0.5) is 0 Å². The number of carbonyl (C=O) groups is 2. The number of esters is 1. The summed E-state index contributed by atoms with van der Waals surface area (Å²) in [7, 11) is 1.36. The van der Waals surface area contributed by atoms with Crippen LogP contribution in [0.15, 0.2) is 48.5 Å². The summed E-state index contributed by atoms with van der Waals surface area (Å²) in [4.78, 5) is 25.5. The normalized spacial score (nSPS) is 16.8. The van der Waals surface area contributed by atoms with Crippen LogP contribution < -0.4 is 16.2 Å². The maximum absolute atomic E-state index is 12.2. The lowest BCUT2D eigenvalue weighted by Crippen LogP contribution is -2.42. The summed E-state index contributed by atoms with van der Waals surface area (Å²) in [6, 6.07) is 15.0. The predicted octanol–water partition coefficient (Wildman–Crippen LogP) is 2.60. The molecule has 0 unspecified atom stereocenters. The van der Waals surface area contributed by atoms with Crippen LogP contribution >= 0.6 is 24.8 Å². The number of carbonyl (C=O) groups excluding carboxylic acids is 2. The molecule has 1 saturated heterocycles. The van der Waals surface area contributed by atoms with E-state index in [4.69, 9.17) is 26.4 Å². The van der Waals surface area contributed by atoms with Crippen molar-refractivity contribution in [3.05, 3.63) is 54.1 Å². The highest BCUT2D eigenvalue weighted by atomic mass is 35.5. The van der Waals surface area contributed by atoms with Crippen LogP contribution in [0.25, 0.3) is 11.1 Å². The number of methoxy groups -OCH3 is 1. The van der Waals surface area contributed by atoms with Crippen LogP contribution in [0, 0.1) is 11.3 Å². The minimum Gasteiger partial charge on any atom is -0.491 e. The number of nitrogens with one attached hydrogen (secondary N) is 1. The molecule has 5 N–H and O–H groups in total. The van der Waals surface area contributed by atoms with E-state index >= 15 is 0 Å². The number of nitrogens with two attached hydrogens (primary N) is 2.